The fourth-order valence-corrected chi connectivity index (χ4v) is 8.89. The second-order valence-corrected chi connectivity index (χ2v) is 20.3. The van der Waals surface area contributed by atoms with Crippen LogP contribution in [0.2, 0.25) is 0 Å². The van der Waals surface area contributed by atoms with Crippen LogP contribution in [0.4, 0.5) is 0 Å². The molecule has 0 bridgehead atoms. The van der Waals surface area contributed by atoms with E-state index in [2.05, 4.69) is 69.4 Å². The summed E-state index contributed by atoms with van der Waals surface area (Å²) in [5.74, 6) is -3.13. The molecular formula is C61H106O12. The average Bonchev–Trinajstić information content (AvgIpc) is 3.37. The topological polar surface area (TPSA) is 175 Å². The lowest BCUT2D eigenvalue weighted by molar-refractivity contribution is -0.301. The molecule has 422 valence electrons. The molecule has 0 aromatic heterocycles. The van der Waals surface area contributed by atoms with Gasteiger partial charge in [-0.2, -0.15) is 0 Å². The molecule has 0 saturated carbocycles. The molecule has 6 atom stereocenters. The van der Waals surface area contributed by atoms with E-state index in [9.17, 15) is 34.5 Å². The Bertz CT molecular complexity index is 1460. The van der Waals surface area contributed by atoms with Gasteiger partial charge >= 0.3 is 23.9 Å². The lowest BCUT2D eigenvalue weighted by Crippen LogP contribution is -2.61. The summed E-state index contributed by atoms with van der Waals surface area (Å²) in [5.41, 5.74) is 0. The highest BCUT2D eigenvalue weighted by molar-refractivity contribution is 5.74. The molecule has 73 heavy (non-hydrogen) atoms. The number of carboxylic acids is 1. The van der Waals surface area contributed by atoms with Gasteiger partial charge in [-0.1, -0.05) is 236 Å². The number of unbranched alkanes of at least 4 members (excludes halogenated alkanes) is 28. The minimum absolute atomic E-state index is 0.0606. The molecular weight excluding hydrogens is 925 g/mol. The molecule has 6 unspecified atom stereocenters. The average molecular weight is 1030 g/mol. The van der Waals surface area contributed by atoms with Crippen molar-refractivity contribution in [2.75, 3.05) is 13.2 Å². The van der Waals surface area contributed by atoms with Crippen LogP contribution in [-0.2, 0) is 42.9 Å². The first-order valence-electron chi connectivity index (χ1n) is 29.6. The van der Waals surface area contributed by atoms with Gasteiger partial charge in [-0.05, 0) is 57.8 Å². The van der Waals surface area contributed by atoms with Gasteiger partial charge in [0.15, 0.2) is 24.6 Å². The number of allylic oxidation sites excluding steroid dienone is 8. The van der Waals surface area contributed by atoms with Crippen LogP contribution in [0.1, 0.15) is 265 Å². The number of rotatable bonds is 50. The lowest BCUT2D eigenvalue weighted by Gasteiger charge is -2.40. The molecule has 12 heteroatoms. The fourth-order valence-electron chi connectivity index (χ4n) is 8.89. The van der Waals surface area contributed by atoms with Gasteiger partial charge in [-0.25, -0.2) is 4.79 Å². The van der Waals surface area contributed by atoms with Crippen molar-refractivity contribution in [3.8, 4) is 0 Å². The smallest absolute Gasteiger partial charge is 0.335 e. The number of esters is 3. The van der Waals surface area contributed by atoms with Crippen LogP contribution in [-0.4, -0.2) is 89.2 Å². The van der Waals surface area contributed by atoms with Crippen LogP contribution in [0.15, 0.2) is 48.6 Å². The third kappa shape index (κ3) is 39.7. The maximum absolute atomic E-state index is 13.1. The van der Waals surface area contributed by atoms with E-state index in [1.54, 1.807) is 0 Å². The number of aliphatic hydroxyl groups excluding tert-OH is 2. The lowest BCUT2D eigenvalue weighted by atomic mass is 9.98. The highest BCUT2D eigenvalue weighted by Gasteiger charge is 2.50. The second-order valence-electron chi connectivity index (χ2n) is 20.3. The standard InChI is InChI=1S/C61H106O12/c1-4-7-10-13-16-19-21-23-25-27-29-31-33-36-38-41-44-47-53(62)69-50-52(71-54(63)48-45-42-40-37-34-32-30-28-26-24-22-20-17-14-11-8-5-2)51-70-61-59(57(66)56(65)58(73-61)60(67)68)72-55(64)49-46-43-39-35-18-15-12-9-6-3/h7,10,16,19,23,25,29,31,52,56-59,61,65-66H,4-6,8-9,11-15,17-18,20-22,24,26-28,30,32-51H2,1-3H3,(H,67,68)/b10-7-,19-16-,25-23-,31-29-. The quantitative estimate of drug-likeness (QED) is 0.0228. The monoisotopic (exact) mass is 1030 g/mol. The van der Waals surface area contributed by atoms with E-state index >= 15 is 0 Å². The SMILES string of the molecule is CC/C=C\C/C=C\C/C=C\C/C=C\CCCCCCC(=O)OCC(COC1OC(C(=O)O)C(O)C(O)C1OC(=O)CCCCCCCCCCC)OC(=O)CCCCCCCCCCCCCCCCCCC. The molecule has 0 radical (unpaired) electrons. The Morgan fingerprint density at radius 3 is 1.32 bits per heavy atom. The van der Waals surface area contributed by atoms with Crippen LogP contribution in [0, 0.1) is 0 Å². The van der Waals surface area contributed by atoms with Gasteiger partial charge in [0.25, 0.3) is 0 Å². The summed E-state index contributed by atoms with van der Waals surface area (Å²) in [6, 6.07) is 0. The van der Waals surface area contributed by atoms with Crippen molar-refractivity contribution in [1.82, 2.24) is 0 Å². The maximum atomic E-state index is 13.1. The zero-order valence-electron chi connectivity index (χ0n) is 46.4. The van der Waals surface area contributed by atoms with Crippen molar-refractivity contribution in [3.63, 3.8) is 0 Å². The number of ether oxygens (including phenoxy) is 5. The molecule has 0 aromatic carbocycles. The first kappa shape index (κ1) is 67.7. The Morgan fingerprint density at radius 2 is 0.863 bits per heavy atom. The Labute approximate surface area is 443 Å². The number of carbonyl (C=O) groups is 4. The van der Waals surface area contributed by atoms with E-state index in [0.717, 1.165) is 96.3 Å². The van der Waals surface area contributed by atoms with E-state index in [1.807, 2.05) is 0 Å². The third-order valence-electron chi connectivity index (χ3n) is 13.4. The maximum Gasteiger partial charge on any atom is 0.335 e. The third-order valence-corrected chi connectivity index (χ3v) is 13.4. The zero-order valence-corrected chi connectivity index (χ0v) is 46.4. The summed E-state index contributed by atoms with van der Waals surface area (Å²) in [7, 11) is 0. The molecule has 3 N–H and O–H groups in total. The van der Waals surface area contributed by atoms with Crippen molar-refractivity contribution in [1.29, 1.82) is 0 Å². The van der Waals surface area contributed by atoms with Crippen LogP contribution in [0.25, 0.3) is 0 Å². The predicted molar refractivity (Wildman–Crippen MR) is 294 cm³/mol. The Morgan fingerprint density at radius 1 is 0.466 bits per heavy atom. The van der Waals surface area contributed by atoms with Crippen molar-refractivity contribution in [2.24, 2.45) is 0 Å². The number of carboxylic acid groups (broad SMARTS) is 1. The van der Waals surface area contributed by atoms with E-state index in [1.165, 1.54) is 109 Å². The Balaban J connectivity index is 2.67. The zero-order chi connectivity index (χ0) is 53.3. The number of aliphatic hydroxyl groups is 2. The van der Waals surface area contributed by atoms with Gasteiger partial charge < -0.3 is 39.0 Å². The molecule has 0 aromatic rings. The van der Waals surface area contributed by atoms with Gasteiger partial charge in [-0.15, -0.1) is 0 Å². The summed E-state index contributed by atoms with van der Waals surface area (Å²) in [6.45, 7) is 5.84. The summed E-state index contributed by atoms with van der Waals surface area (Å²) in [6.07, 6.45) is 46.7. The molecule has 1 aliphatic rings. The van der Waals surface area contributed by atoms with Crippen molar-refractivity contribution in [2.45, 2.75) is 302 Å². The Hall–Kier alpha value is -3.32. The van der Waals surface area contributed by atoms with E-state index in [4.69, 9.17) is 23.7 Å². The van der Waals surface area contributed by atoms with Gasteiger partial charge in [0, 0.05) is 19.3 Å². The highest BCUT2D eigenvalue weighted by Crippen LogP contribution is 2.26. The molecule has 1 fully saturated rings. The number of carbonyl (C=O) groups excluding carboxylic acids is 3. The van der Waals surface area contributed by atoms with Crippen molar-refractivity contribution >= 4 is 23.9 Å². The predicted octanol–water partition coefficient (Wildman–Crippen LogP) is 15.0. The summed E-state index contributed by atoms with van der Waals surface area (Å²) in [5, 5.41) is 31.4. The van der Waals surface area contributed by atoms with Crippen LogP contribution in [0.5, 0.6) is 0 Å². The largest absolute Gasteiger partial charge is 0.479 e. The molecule has 12 nitrogen and oxygen atoms in total. The normalized spacial score (nSPS) is 18.6. The van der Waals surface area contributed by atoms with E-state index in [-0.39, 0.29) is 25.9 Å². The number of hydrogen-bond donors (Lipinski definition) is 3. The number of aliphatic carboxylic acids is 1. The van der Waals surface area contributed by atoms with E-state index < -0.39 is 67.3 Å². The van der Waals surface area contributed by atoms with Crippen LogP contribution >= 0.6 is 0 Å². The Kier molecular flexibility index (Phi) is 45.9. The molecule has 1 aliphatic heterocycles. The van der Waals surface area contributed by atoms with E-state index in [0.29, 0.717) is 19.3 Å². The summed E-state index contributed by atoms with van der Waals surface area (Å²) >= 11 is 0. The second kappa shape index (κ2) is 49.6. The highest BCUT2D eigenvalue weighted by atomic mass is 16.7. The summed E-state index contributed by atoms with van der Waals surface area (Å²) in [4.78, 5) is 51.0. The fraction of sp³-hybridized carbons (Fsp3) is 0.803. The molecule has 1 rings (SSSR count). The molecule has 1 heterocycles. The first-order chi connectivity index (χ1) is 35.6. The van der Waals surface area contributed by atoms with Crippen molar-refractivity contribution < 1.29 is 58.2 Å². The molecule has 0 aliphatic carbocycles. The van der Waals surface area contributed by atoms with Crippen LogP contribution < -0.4 is 0 Å². The minimum Gasteiger partial charge on any atom is -0.479 e. The van der Waals surface area contributed by atoms with Gasteiger partial charge in [-0.3, -0.25) is 14.4 Å². The van der Waals surface area contributed by atoms with Gasteiger partial charge in [0.1, 0.15) is 18.8 Å². The van der Waals surface area contributed by atoms with Crippen molar-refractivity contribution in [3.05, 3.63) is 48.6 Å². The minimum atomic E-state index is -1.90. The molecule has 0 amide bonds. The molecule has 0 spiro atoms. The van der Waals surface area contributed by atoms with Gasteiger partial charge in [0.2, 0.25) is 0 Å². The van der Waals surface area contributed by atoms with Gasteiger partial charge in [0.05, 0.1) is 6.61 Å². The number of hydrogen-bond acceptors (Lipinski definition) is 11. The summed E-state index contributed by atoms with van der Waals surface area (Å²) < 4.78 is 28.4. The molecule has 1 saturated heterocycles. The van der Waals surface area contributed by atoms with Crippen LogP contribution in [0.3, 0.4) is 0 Å². The first-order valence-corrected chi connectivity index (χ1v) is 29.6.